The molecule has 4 aliphatic carbocycles. The van der Waals surface area contributed by atoms with E-state index in [1.165, 1.54) is 5.57 Å². The fraction of sp³-hybridized carbons (Fsp3) is 0.939. The van der Waals surface area contributed by atoms with Crippen molar-refractivity contribution < 1.29 is 50.0 Å². The van der Waals surface area contributed by atoms with Crippen molar-refractivity contribution in [2.24, 2.45) is 40.4 Å². The Labute approximate surface area is 255 Å². The van der Waals surface area contributed by atoms with E-state index < -0.39 is 48.7 Å². The van der Waals surface area contributed by atoms with Gasteiger partial charge < -0.3 is 50.0 Å². The maximum Gasteiger partial charge on any atom is 0.186 e. The van der Waals surface area contributed by atoms with E-state index >= 15 is 0 Å². The quantitative estimate of drug-likeness (QED) is 0.210. The first-order chi connectivity index (χ1) is 20.2. The van der Waals surface area contributed by atoms with Gasteiger partial charge >= 0.3 is 0 Å². The van der Waals surface area contributed by atoms with E-state index in [2.05, 4.69) is 26.8 Å². The predicted molar refractivity (Wildman–Crippen MR) is 155 cm³/mol. The number of hydrogen-bond donors (Lipinski definition) is 7. The second-order valence-electron chi connectivity index (χ2n) is 15.6. The topological polar surface area (TPSA) is 169 Å². The fourth-order valence-electron chi connectivity index (χ4n) is 10.6. The Kier molecular flexibility index (Phi) is 8.45. The van der Waals surface area contributed by atoms with Crippen LogP contribution >= 0.6 is 0 Å². The van der Waals surface area contributed by atoms with Gasteiger partial charge in [0.15, 0.2) is 12.1 Å². The van der Waals surface area contributed by atoms with Crippen molar-refractivity contribution in [3.8, 4) is 0 Å². The van der Waals surface area contributed by atoms with E-state index in [0.717, 1.165) is 38.5 Å². The Balaban J connectivity index is 1.09. The second-order valence-corrected chi connectivity index (χ2v) is 15.6. The molecule has 6 rings (SSSR count). The van der Waals surface area contributed by atoms with Crippen LogP contribution in [-0.4, -0.2) is 103 Å². The SMILES string of the molecule is C[C@@H](CC[C@@]1(O)O[C@H]2C[C@@]3(O)[C@@H]4CC=C5C[C@@H](O)CC[C@]5(C)[C@H]4CC[C@]3(C)[C@H]2[C@@H]1C)CO[C@@H]1O[C@H](CO)[C@@H](O)[C@H](O)[C@H]1O. The highest BCUT2D eigenvalue weighted by Crippen LogP contribution is 2.71. The van der Waals surface area contributed by atoms with Crippen LogP contribution < -0.4 is 0 Å². The molecule has 10 nitrogen and oxygen atoms in total. The zero-order valence-electron chi connectivity index (χ0n) is 26.1. The Morgan fingerprint density at radius 3 is 2.49 bits per heavy atom. The van der Waals surface area contributed by atoms with Crippen molar-refractivity contribution in [1.82, 2.24) is 0 Å². The lowest BCUT2D eigenvalue weighted by Gasteiger charge is -2.61. The minimum Gasteiger partial charge on any atom is -0.394 e. The zero-order chi connectivity index (χ0) is 31.1. The van der Waals surface area contributed by atoms with Crippen LogP contribution in [-0.2, 0) is 14.2 Å². The zero-order valence-corrected chi connectivity index (χ0v) is 26.1. The predicted octanol–water partition coefficient (Wildman–Crippen LogP) is 1.61. The third-order valence-corrected chi connectivity index (χ3v) is 13.3. The van der Waals surface area contributed by atoms with Crippen LogP contribution in [0.5, 0.6) is 0 Å². The summed E-state index contributed by atoms with van der Waals surface area (Å²) in [4.78, 5) is 0. The summed E-state index contributed by atoms with van der Waals surface area (Å²) in [6, 6.07) is 0. The van der Waals surface area contributed by atoms with Gasteiger partial charge in [-0.3, -0.25) is 0 Å². The van der Waals surface area contributed by atoms with Crippen LogP contribution in [0.4, 0.5) is 0 Å². The van der Waals surface area contributed by atoms with Gasteiger partial charge in [0.2, 0.25) is 0 Å². The van der Waals surface area contributed by atoms with Gasteiger partial charge in [-0.15, -0.1) is 0 Å². The molecule has 43 heavy (non-hydrogen) atoms. The van der Waals surface area contributed by atoms with Gasteiger partial charge in [0, 0.05) is 30.1 Å². The summed E-state index contributed by atoms with van der Waals surface area (Å²) in [6.45, 7) is 8.27. The van der Waals surface area contributed by atoms with Crippen LogP contribution in [0.2, 0.25) is 0 Å². The molecular formula is C33H54O10. The van der Waals surface area contributed by atoms with Gasteiger partial charge in [-0.1, -0.05) is 39.3 Å². The first-order valence-electron chi connectivity index (χ1n) is 16.6. The summed E-state index contributed by atoms with van der Waals surface area (Å²) in [6.07, 6.45) is 2.07. The molecule has 0 aromatic heterocycles. The van der Waals surface area contributed by atoms with Gasteiger partial charge in [-0.25, -0.2) is 0 Å². The third-order valence-electron chi connectivity index (χ3n) is 13.3. The largest absolute Gasteiger partial charge is 0.394 e. The van der Waals surface area contributed by atoms with Crippen LogP contribution in [0.15, 0.2) is 11.6 Å². The molecule has 0 aromatic carbocycles. The maximum absolute atomic E-state index is 12.6. The second kappa shape index (κ2) is 11.2. The van der Waals surface area contributed by atoms with E-state index in [0.29, 0.717) is 25.2 Å². The average molecular weight is 611 g/mol. The number of rotatable bonds is 7. The first-order valence-corrected chi connectivity index (χ1v) is 16.6. The van der Waals surface area contributed by atoms with Crippen LogP contribution in [0.25, 0.3) is 0 Å². The molecule has 10 heteroatoms. The summed E-state index contributed by atoms with van der Waals surface area (Å²) in [7, 11) is 0. The van der Waals surface area contributed by atoms with E-state index in [4.69, 9.17) is 14.2 Å². The molecule has 0 radical (unpaired) electrons. The maximum atomic E-state index is 12.6. The fourth-order valence-corrected chi connectivity index (χ4v) is 10.6. The van der Waals surface area contributed by atoms with E-state index in [9.17, 15) is 35.7 Å². The Hall–Kier alpha value is -0.660. The molecule has 0 aromatic rings. The molecule has 16 atom stereocenters. The van der Waals surface area contributed by atoms with E-state index in [1.54, 1.807) is 0 Å². The molecule has 2 aliphatic heterocycles. The Morgan fingerprint density at radius 2 is 1.77 bits per heavy atom. The van der Waals surface area contributed by atoms with Gasteiger partial charge in [0.25, 0.3) is 0 Å². The van der Waals surface area contributed by atoms with Gasteiger partial charge in [0.1, 0.15) is 24.4 Å². The molecule has 0 spiro atoms. The number of allylic oxidation sites excluding steroid dienone is 1. The number of aliphatic hydroxyl groups is 7. The molecule has 6 aliphatic rings. The number of ether oxygens (including phenoxy) is 3. The van der Waals surface area contributed by atoms with Gasteiger partial charge in [0.05, 0.1) is 31.0 Å². The summed E-state index contributed by atoms with van der Waals surface area (Å²) >= 11 is 0. The molecule has 2 heterocycles. The van der Waals surface area contributed by atoms with Crippen molar-refractivity contribution in [2.45, 2.75) is 140 Å². The smallest absolute Gasteiger partial charge is 0.186 e. The van der Waals surface area contributed by atoms with E-state index in [-0.39, 0.29) is 53.3 Å². The number of hydrogen-bond acceptors (Lipinski definition) is 10. The van der Waals surface area contributed by atoms with Crippen LogP contribution in [0.1, 0.15) is 85.5 Å². The van der Waals surface area contributed by atoms with Crippen LogP contribution in [0.3, 0.4) is 0 Å². The Bertz CT molecular complexity index is 1070. The van der Waals surface area contributed by atoms with Gasteiger partial charge in [-0.2, -0.15) is 0 Å². The molecule has 0 unspecified atom stereocenters. The standard InChI is InChI=1S/C33H54O10/c1-17(16-41-29-28(38)27(37)26(36)24(15-34)42-29)7-12-33(40)18(2)25-23(43-33)14-32(39)22-6-5-19-13-20(35)8-10-30(19,3)21(22)9-11-31(25,32)4/h5,17-18,20-29,34-40H,6-16H2,1-4H3/t17-,18-,20-,21-,22+,23-,24+,25-,26+,27-,28+,29+,30-,31+,32+,33+/m0/s1. The van der Waals surface area contributed by atoms with Crippen molar-refractivity contribution in [3.05, 3.63) is 11.6 Å². The van der Waals surface area contributed by atoms with Crippen molar-refractivity contribution in [3.63, 3.8) is 0 Å². The lowest BCUT2D eigenvalue weighted by Crippen LogP contribution is -2.61. The monoisotopic (exact) mass is 610 g/mol. The van der Waals surface area contributed by atoms with Crippen molar-refractivity contribution in [2.75, 3.05) is 13.2 Å². The average Bonchev–Trinajstić information content (AvgIpc) is 3.35. The molecule has 5 fully saturated rings. The molecule has 2 saturated heterocycles. The lowest BCUT2D eigenvalue weighted by atomic mass is 9.45. The number of fused-ring (bicyclic) bond motifs is 7. The summed E-state index contributed by atoms with van der Waals surface area (Å²) < 4.78 is 17.7. The summed E-state index contributed by atoms with van der Waals surface area (Å²) in [5.74, 6) is -0.954. The normalized spacial score (nSPS) is 55.1. The van der Waals surface area contributed by atoms with Gasteiger partial charge in [-0.05, 0) is 68.1 Å². The highest BCUT2D eigenvalue weighted by molar-refractivity contribution is 5.29. The highest BCUT2D eigenvalue weighted by atomic mass is 16.7. The molecule has 246 valence electrons. The third kappa shape index (κ3) is 4.89. The summed E-state index contributed by atoms with van der Waals surface area (Å²) in [5, 5.41) is 74.4. The van der Waals surface area contributed by atoms with E-state index in [1.807, 2.05) is 6.92 Å². The lowest BCUT2D eigenvalue weighted by molar-refractivity contribution is -0.303. The molecular weight excluding hydrogens is 556 g/mol. The number of aliphatic hydroxyl groups excluding tert-OH is 5. The van der Waals surface area contributed by atoms with Crippen molar-refractivity contribution in [1.29, 1.82) is 0 Å². The molecule has 0 amide bonds. The highest BCUT2D eigenvalue weighted by Gasteiger charge is 2.73. The molecule has 0 bridgehead atoms. The minimum atomic E-state index is -1.49. The Morgan fingerprint density at radius 1 is 1.02 bits per heavy atom. The first kappa shape index (κ1) is 32.3. The molecule has 3 saturated carbocycles. The summed E-state index contributed by atoms with van der Waals surface area (Å²) in [5.41, 5.74) is 0.171. The minimum absolute atomic E-state index is 0.0257. The van der Waals surface area contributed by atoms with Crippen molar-refractivity contribution >= 4 is 0 Å². The molecule has 7 N–H and O–H groups in total. The van der Waals surface area contributed by atoms with Crippen LogP contribution in [0, 0.1) is 40.4 Å².